The normalized spacial score (nSPS) is 9.56. The van der Waals surface area contributed by atoms with E-state index >= 15 is 0 Å². The minimum absolute atomic E-state index is 1.08. The fraction of sp³-hybridized carbons (Fsp3) is 0.167. The van der Waals surface area contributed by atoms with Gasteiger partial charge in [-0.15, -0.1) is 0 Å². The molecule has 1 nitrogen and oxygen atoms in total. The van der Waals surface area contributed by atoms with Gasteiger partial charge in [0, 0.05) is 38.0 Å². The molecule has 0 N–H and O–H groups in total. The molecule has 0 saturated carbocycles. The molecule has 1 rings (SSSR count). The maximum atomic E-state index is 4.07. The molecule has 0 saturated heterocycles. The molecule has 0 aromatic carbocycles. The number of rotatable bonds is 1. The average molecular weight is 251 g/mol. The van der Waals surface area contributed by atoms with E-state index in [1.54, 1.807) is 8.93 Å². The minimum atomic E-state index is 1.08. The van der Waals surface area contributed by atoms with Gasteiger partial charge in [0.2, 0.25) is 0 Å². The Morgan fingerprint density at radius 2 is 2.44 bits per heavy atom. The van der Waals surface area contributed by atoms with Crippen molar-refractivity contribution in [3.63, 3.8) is 0 Å². The second-order valence-electron chi connectivity index (χ2n) is 1.71. The van der Waals surface area contributed by atoms with E-state index in [1.165, 1.54) is 4.90 Å². The lowest BCUT2D eigenvalue weighted by molar-refractivity contribution is 1.16. The van der Waals surface area contributed by atoms with Crippen LogP contribution in [-0.2, 0) is 0 Å². The molecule has 3 heteroatoms. The number of hydrogen-bond donors (Lipinski definition) is 0. The summed E-state index contributed by atoms with van der Waals surface area (Å²) in [5, 5.41) is 0. The first kappa shape index (κ1) is 7.34. The van der Waals surface area contributed by atoms with Crippen molar-refractivity contribution in [2.45, 2.75) is 11.8 Å². The minimum Gasteiger partial charge on any atom is -0.262 e. The van der Waals surface area contributed by atoms with E-state index < -0.39 is 0 Å². The molecule has 1 aromatic heterocycles. The monoisotopic (exact) mass is 251 g/mol. The molecular weight excluding hydrogens is 245 g/mol. The summed E-state index contributed by atoms with van der Waals surface area (Å²) < 4.78 is 0. The van der Waals surface area contributed by atoms with Crippen LogP contribution in [0.5, 0.6) is 0 Å². The van der Waals surface area contributed by atoms with E-state index in [0.29, 0.717) is 0 Å². The van der Waals surface area contributed by atoms with Crippen LogP contribution in [0.1, 0.15) is 5.69 Å². The van der Waals surface area contributed by atoms with Crippen molar-refractivity contribution in [3.05, 3.63) is 24.0 Å². The average Bonchev–Trinajstić information content (AvgIpc) is 1.88. The number of aromatic nitrogens is 1. The zero-order valence-electron chi connectivity index (χ0n) is 4.97. The van der Waals surface area contributed by atoms with Crippen molar-refractivity contribution < 1.29 is 0 Å². The number of nitrogens with zero attached hydrogens (tertiary/aromatic N) is 1. The molecule has 0 aliphatic rings. The van der Waals surface area contributed by atoms with Gasteiger partial charge < -0.3 is 0 Å². The van der Waals surface area contributed by atoms with Crippen LogP contribution in [0.3, 0.4) is 0 Å². The van der Waals surface area contributed by atoms with Crippen LogP contribution < -0.4 is 0 Å². The standard InChI is InChI=1S/C6H6INS/c1-5-4-6(9-7)2-3-8-5/h2-4H,1H3. The van der Waals surface area contributed by atoms with Crippen molar-refractivity contribution >= 4 is 30.1 Å². The summed E-state index contributed by atoms with van der Waals surface area (Å²) in [5.74, 6) is 0. The van der Waals surface area contributed by atoms with Crippen molar-refractivity contribution in [2.75, 3.05) is 0 Å². The number of hydrogen-bond acceptors (Lipinski definition) is 2. The van der Waals surface area contributed by atoms with E-state index in [9.17, 15) is 0 Å². The van der Waals surface area contributed by atoms with Crippen LogP contribution >= 0.6 is 30.1 Å². The highest BCUT2D eigenvalue weighted by atomic mass is 127. The van der Waals surface area contributed by atoms with Crippen LogP contribution in [0.15, 0.2) is 23.2 Å². The Hall–Kier alpha value is 0.230. The summed E-state index contributed by atoms with van der Waals surface area (Å²) in [6.07, 6.45) is 1.83. The van der Waals surface area contributed by atoms with Crippen LogP contribution in [-0.4, -0.2) is 4.98 Å². The second kappa shape index (κ2) is 3.41. The quantitative estimate of drug-likeness (QED) is 0.712. The van der Waals surface area contributed by atoms with Crippen molar-refractivity contribution in [3.8, 4) is 0 Å². The fourth-order valence-electron chi connectivity index (χ4n) is 0.568. The molecular formula is C6H6INS. The summed E-state index contributed by atoms with van der Waals surface area (Å²) in [6, 6.07) is 4.07. The largest absolute Gasteiger partial charge is 0.262 e. The van der Waals surface area contributed by atoms with Crippen molar-refractivity contribution in [1.82, 2.24) is 4.98 Å². The lowest BCUT2D eigenvalue weighted by Crippen LogP contribution is -1.76. The summed E-state index contributed by atoms with van der Waals surface area (Å²) in [5.41, 5.74) is 1.08. The molecule has 0 radical (unpaired) electrons. The number of halogens is 1. The Kier molecular flexibility index (Phi) is 2.78. The Morgan fingerprint density at radius 3 is 2.89 bits per heavy atom. The van der Waals surface area contributed by atoms with E-state index in [2.05, 4.69) is 32.3 Å². The van der Waals surface area contributed by atoms with Crippen molar-refractivity contribution in [1.29, 1.82) is 0 Å². The highest BCUT2D eigenvalue weighted by molar-refractivity contribution is 14.2. The summed E-state index contributed by atoms with van der Waals surface area (Å²) in [4.78, 5) is 5.34. The topological polar surface area (TPSA) is 12.9 Å². The lowest BCUT2D eigenvalue weighted by Gasteiger charge is -1.92. The molecule has 48 valence electrons. The third-order valence-corrected chi connectivity index (χ3v) is 2.91. The molecule has 0 fully saturated rings. The Bertz CT molecular complexity index is 202. The first-order chi connectivity index (χ1) is 4.33. The molecule has 1 aromatic rings. The van der Waals surface area contributed by atoms with Crippen LogP contribution in [0.25, 0.3) is 0 Å². The summed E-state index contributed by atoms with van der Waals surface area (Å²) >= 11 is 2.26. The predicted molar refractivity (Wildman–Crippen MR) is 48.9 cm³/mol. The van der Waals surface area contributed by atoms with E-state index in [-0.39, 0.29) is 0 Å². The highest BCUT2D eigenvalue weighted by Gasteiger charge is 1.88. The molecule has 0 atom stereocenters. The second-order valence-corrected chi connectivity index (χ2v) is 3.66. The van der Waals surface area contributed by atoms with Crippen LogP contribution in [0.2, 0.25) is 0 Å². The molecule has 0 aliphatic heterocycles. The maximum Gasteiger partial charge on any atom is 0.0384 e. The van der Waals surface area contributed by atoms with E-state index in [1.807, 2.05) is 19.2 Å². The Balaban J connectivity index is 2.94. The summed E-state index contributed by atoms with van der Waals surface area (Å²) in [7, 11) is 1.71. The molecule has 0 amide bonds. The van der Waals surface area contributed by atoms with Gasteiger partial charge in [0.1, 0.15) is 0 Å². The zero-order chi connectivity index (χ0) is 6.69. The zero-order valence-corrected chi connectivity index (χ0v) is 7.94. The first-order valence-electron chi connectivity index (χ1n) is 2.54. The molecule has 1 heterocycles. The van der Waals surface area contributed by atoms with Crippen molar-refractivity contribution in [2.24, 2.45) is 0 Å². The molecule has 0 unspecified atom stereocenters. The van der Waals surface area contributed by atoms with Gasteiger partial charge in [-0.3, -0.25) is 4.98 Å². The van der Waals surface area contributed by atoms with Gasteiger partial charge in [0.05, 0.1) is 0 Å². The lowest BCUT2D eigenvalue weighted by atomic mass is 10.4. The van der Waals surface area contributed by atoms with E-state index in [0.717, 1.165) is 5.69 Å². The summed E-state index contributed by atoms with van der Waals surface area (Å²) in [6.45, 7) is 2.00. The molecule has 0 bridgehead atoms. The molecule has 0 spiro atoms. The van der Waals surface area contributed by atoms with Gasteiger partial charge >= 0.3 is 0 Å². The molecule has 9 heavy (non-hydrogen) atoms. The SMILES string of the molecule is Cc1cc(SI)ccn1. The van der Waals surface area contributed by atoms with Crippen LogP contribution in [0, 0.1) is 6.92 Å². The number of aryl methyl sites for hydroxylation is 1. The highest BCUT2D eigenvalue weighted by Crippen LogP contribution is 2.24. The van der Waals surface area contributed by atoms with Gasteiger partial charge in [-0.05, 0) is 19.1 Å². The predicted octanol–water partition coefficient (Wildman–Crippen LogP) is 2.83. The fourth-order valence-corrected chi connectivity index (χ4v) is 1.72. The third kappa shape index (κ3) is 2.14. The smallest absolute Gasteiger partial charge is 0.0384 e. The van der Waals surface area contributed by atoms with Crippen LogP contribution in [0.4, 0.5) is 0 Å². The molecule has 0 aliphatic carbocycles. The van der Waals surface area contributed by atoms with Gasteiger partial charge in [-0.25, -0.2) is 0 Å². The first-order valence-corrected chi connectivity index (χ1v) is 5.90. The van der Waals surface area contributed by atoms with Gasteiger partial charge in [0.15, 0.2) is 0 Å². The third-order valence-electron chi connectivity index (χ3n) is 0.957. The number of pyridine rings is 1. The van der Waals surface area contributed by atoms with E-state index in [4.69, 9.17) is 0 Å². The van der Waals surface area contributed by atoms with Gasteiger partial charge in [-0.1, -0.05) is 8.93 Å². The Labute approximate surface area is 70.8 Å². The maximum absolute atomic E-state index is 4.07. The Morgan fingerprint density at radius 1 is 1.67 bits per heavy atom. The van der Waals surface area contributed by atoms with Gasteiger partial charge in [0.25, 0.3) is 0 Å². The van der Waals surface area contributed by atoms with Gasteiger partial charge in [-0.2, -0.15) is 0 Å².